The first-order valence-corrected chi connectivity index (χ1v) is 14.6. The lowest BCUT2D eigenvalue weighted by Gasteiger charge is -2.37. The average Bonchev–Trinajstić information content (AvgIpc) is 3.22. The summed E-state index contributed by atoms with van der Waals surface area (Å²) in [6.45, 7) is 14.5. The number of benzene rings is 2. The zero-order valence-electron chi connectivity index (χ0n) is 20.0. The Morgan fingerprint density at radius 1 is 0.933 bits per heavy atom. The number of rotatable bonds is 3. The van der Waals surface area contributed by atoms with Crippen LogP contribution in [0.3, 0.4) is 0 Å². The van der Waals surface area contributed by atoms with E-state index >= 15 is 0 Å². The van der Waals surface area contributed by atoms with Gasteiger partial charge in [0.1, 0.15) is 7.05 Å². The van der Waals surface area contributed by atoms with Crippen molar-refractivity contribution in [1.29, 1.82) is 0 Å². The third-order valence-electron chi connectivity index (χ3n) is 8.08. The minimum Gasteiger partial charge on any atom is -0.200 e. The Morgan fingerprint density at radius 2 is 1.63 bits per heavy atom. The van der Waals surface area contributed by atoms with Crippen LogP contribution < -0.4 is 9.75 Å². The highest BCUT2D eigenvalue weighted by Gasteiger charge is 2.37. The highest BCUT2D eigenvalue weighted by Crippen LogP contribution is 2.38. The summed E-state index contributed by atoms with van der Waals surface area (Å²) < 4.78 is 2.31. The van der Waals surface area contributed by atoms with Gasteiger partial charge in [0.25, 0.3) is 0 Å². The van der Waals surface area contributed by atoms with Crippen molar-refractivity contribution in [2.45, 2.75) is 77.4 Å². The smallest absolute Gasteiger partial charge is 0.200 e. The van der Waals surface area contributed by atoms with E-state index in [0.29, 0.717) is 5.04 Å². The number of aryl methyl sites for hydroxylation is 2. The van der Waals surface area contributed by atoms with Crippen molar-refractivity contribution < 1.29 is 4.57 Å². The minimum absolute atomic E-state index is 0.342. The molecule has 3 aromatic rings. The van der Waals surface area contributed by atoms with Gasteiger partial charge in [0.05, 0.1) is 13.5 Å². The minimum atomic E-state index is -1.55. The Hall–Kier alpha value is -1.93. The molecule has 0 N–H and O–H groups in total. The number of pyridine rings is 1. The van der Waals surface area contributed by atoms with Gasteiger partial charge in [0.2, 0.25) is 5.69 Å². The second-order valence-electron chi connectivity index (χ2n) is 11.0. The summed E-state index contributed by atoms with van der Waals surface area (Å²) in [7, 11) is 0.640. The summed E-state index contributed by atoms with van der Waals surface area (Å²) >= 11 is 0. The summed E-state index contributed by atoms with van der Waals surface area (Å²) in [5.41, 5.74) is 5.65. The molecule has 0 bridgehead atoms. The van der Waals surface area contributed by atoms with Crippen molar-refractivity contribution in [1.82, 2.24) is 0 Å². The third-order valence-corrected chi connectivity index (χ3v) is 13.6. The molecule has 0 spiro atoms. The van der Waals surface area contributed by atoms with Gasteiger partial charge < -0.3 is 0 Å². The first-order valence-electron chi connectivity index (χ1n) is 11.6. The van der Waals surface area contributed by atoms with Crippen molar-refractivity contribution >= 4 is 24.0 Å². The van der Waals surface area contributed by atoms with Gasteiger partial charge in [0, 0.05) is 11.6 Å². The molecule has 0 saturated heterocycles. The topological polar surface area (TPSA) is 3.88 Å². The van der Waals surface area contributed by atoms with E-state index in [2.05, 4.69) is 101 Å². The second-order valence-corrected chi connectivity index (χ2v) is 16.3. The van der Waals surface area contributed by atoms with Gasteiger partial charge in [-0.1, -0.05) is 76.2 Å². The molecule has 1 heterocycles. The van der Waals surface area contributed by atoms with Crippen LogP contribution in [0.25, 0.3) is 22.0 Å². The molecule has 1 aromatic heterocycles. The van der Waals surface area contributed by atoms with E-state index in [-0.39, 0.29) is 0 Å². The molecule has 1 aliphatic rings. The molecule has 4 rings (SSSR count). The van der Waals surface area contributed by atoms with Crippen molar-refractivity contribution in [3.63, 3.8) is 0 Å². The van der Waals surface area contributed by atoms with Crippen LogP contribution in [-0.4, -0.2) is 8.07 Å². The Bertz CT molecular complexity index is 1080. The zero-order valence-corrected chi connectivity index (χ0v) is 21.0. The molecule has 1 fully saturated rings. The number of fused-ring (bicyclic) bond motifs is 1. The molecule has 2 heteroatoms. The van der Waals surface area contributed by atoms with Crippen LogP contribution in [-0.2, 0) is 7.05 Å². The lowest BCUT2D eigenvalue weighted by molar-refractivity contribution is -0.659. The summed E-state index contributed by atoms with van der Waals surface area (Å²) in [4.78, 5) is 0. The molecule has 0 amide bonds. The highest BCUT2D eigenvalue weighted by molar-refractivity contribution is 6.92. The Labute approximate surface area is 184 Å². The molecular formula is C28H38NSi+. The maximum atomic E-state index is 2.51. The molecule has 1 aliphatic carbocycles. The van der Waals surface area contributed by atoms with Gasteiger partial charge in [-0.3, -0.25) is 0 Å². The molecule has 0 radical (unpaired) electrons. The molecular weight excluding hydrogens is 378 g/mol. The quantitative estimate of drug-likeness (QED) is 0.319. The molecule has 0 aliphatic heterocycles. The summed E-state index contributed by atoms with van der Waals surface area (Å²) in [5, 5.41) is 4.64. The number of hydrogen-bond acceptors (Lipinski definition) is 0. The molecule has 158 valence electrons. The molecule has 1 nitrogen and oxygen atoms in total. The predicted molar refractivity (Wildman–Crippen MR) is 133 cm³/mol. The summed E-state index contributed by atoms with van der Waals surface area (Å²) in [6, 6.07) is 16.8. The van der Waals surface area contributed by atoms with E-state index in [0.717, 1.165) is 5.92 Å². The van der Waals surface area contributed by atoms with Gasteiger partial charge in [-0.25, -0.2) is 4.57 Å². The fourth-order valence-electron chi connectivity index (χ4n) is 4.94. The van der Waals surface area contributed by atoms with Crippen molar-refractivity contribution in [3.8, 4) is 11.3 Å². The van der Waals surface area contributed by atoms with Crippen molar-refractivity contribution in [2.75, 3.05) is 0 Å². The first kappa shape index (κ1) is 21.3. The van der Waals surface area contributed by atoms with Gasteiger partial charge in [-0.15, -0.1) is 0 Å². The lowest BCUT2D eigenvalue weighted by Crippen LogP contribution is -2.49. The molecule has 0 unspecified atom stereocenters. The van der Waals surface area contributed by atoms with E-state index in [1.807, 2.05) is 0 Å². The van der Waals surface area contributed by atoms with Crippen LogP contribution in [0.1, 0.15) is 63.5 Å². The van der Waals surface area contributed by atoms with E-state index < -0.39 is 8.07 Å². The Balaban J connectivity index is 1.88. The summed E-state index contributed by atoms with van der Waals surface area (Å²) in [6.07, 6.45) is 7.70. The second kappa shape index (κ2) is 7.64. The molecule has 0 atom stereocenters. The number of nitrogens with zero attached hydrogens (tertiary/aromatic N) is 1. The Morgan fingerprint density at radius 3 is 2.30 bits per heavy atom. The zero-order chi connectivity index (χ0) is 21.7. The first-order chi connectivity index (χ1) is 14.1. The fourth-order valence-corrected chi connectivity index (χ4v) is 6.82. The van der Waals surface area contributed by atoms with Crippen LogP contribution in [0.2, 0.25) is 18.1 Å². The van der Waals surface area contributed by atoms with Crippen LogP contribution in [0, 0.1) is 6.92 Å². The lowest BCUT2D eigenvalue weighted by atomic mass is 9.91. The van der Waals surface area contributed by atoms with Gasteiger partial charge >= 0.3 is 0 Å². The third kappa shape index (κ3) is 3.64. The van der Waals surface area contributed by atoms with Crippen molar-refractivity contribution in [2.24, 2.45) is 7.05 Å². The van der Waals surface area contributed by atoms with Crippen LogP contribution >= 0.6 is 0 Å². The number of aromatic nitrogens is 1. The average molecular weight is 417 g/mol. The number of hydrogen-bond donors (Lipinski definition) is 0. The monoisotopic (exact) mass is 416 g/mol. The van der Waals surface area contributed by atoms with Gasteiger partial charge in [-0.2, -0.15) is 0 Å². The Kier molecular flexibility index (Phi) is 5.42. The molecule has 30 heavy (non-hydrogen) atoms. The van der Waals surface area contributed by atoms with E-state index in [1.165, 1.54) is 58.8 Å². The van der Waals surface area contributed by atoms with Gasteiger partial charge in [0.15, 0.2) is 6.20 Å². The van der Waals surface area contributed by atoms with Crippen molar-refractivity contribution in [3.05, 3.63) is 59.8 Å². The SMILES string of the molecule is Cc1ccc(C2CCCC2)cc1-c1c2ccc([Si](C)(C)C(C)(C)C)cc2cc[n+]1C. The van der Waals surface area contributed by atoms with E-state index in [4.69, 9.17) is 0 Å². The van der Waals surface area contributed by atoms with E-state index in [1.54, 1.807) is 5.19 Å². The van der Waals surface area contributed by atoms with Crippen LogP contribution in [0.5, 0.6) is 0 Å². The maximum Gasteiger partial charge on any atom is 0.220 e. The van der Waals surface area contributed by atoms with Crippen LogP contribution in [0.15, 0.2) is 48.7 Å². The highest BCUT2D eigenvalue weighted by atomic mass is 28.3. The van der Waals surface area contributed by atoms with Gasteiger partial charge in [-0.05, 0) is 59.4 Å². The summed E-state index contributed by atoms with van der Waals surface area (Å²) in [5.74, 6) is 0.745. The van der Waals surface area contributed by atoms with E-state index in [9.17, 15) is 0 Å². The molecule has 1 saturated carbocycles. The largest absolute Gasteiger partial charge is 0.220 e. The maximum absolute atomic E-state index is 2.51. The normalized spacial score (nSPS) is 15.8. The standard InChI is InChI=1S/C28H38NSi/c1-20-12-13-22(21-10-8-9-11-21)19-26(20)27-25-15-14-24(30(6,7)28(2,3)4)18-23(25)16-17-29(27)5/h12-19,21H,8-11H2,1-7H3/q+1. The fraction of sp³-hybridized carbons (Fsp3) is 0.464. The molecule has 2 aromatic carbocycles. The predicted octanol–water partition coefficient (Wildman–Crippen LogP) is 7.01. The van der Waals surface area contributed by atoms with Crippen LogP contribution in [0.4, 0.5) is 0 Å².